The number of piperidine rings is 1. The Bertz CT molecular complexity index is 404. The molecule has 17 heavy (non-hydrogen) atoms. The highest BCUT2D eigenvalue weighted by molar-refractivity contribution is 5.76. The molecule has 2 heterocycles. The molecule has 2 aliphatic rings. The van der Waals surface area contributed by atoms with Gasteiger partial charge in [-0.1, -0.05) is 30.3 Å². The molecule has 2 fully saturated rings. The number of hydrogen-bond donors (Lipinski definition) is 0. The zero-order chi connectivity index (χ0) is 11.7. The Labute approximate surface area is 101 Å². The summed E-state index contributed by atoms with van der Waals surface area (Å²) in [4.78, 5) is 14.2. The lowest BCUT2D eigenvalue weighted by atomic mass is 10.0. The number of rotatable bonds is 3. The molecule has 2 aliphatic heterocycles. The molecule has 3 atom stereocenters. The number of esters is 1. The van der Waals surface area contributed by atoms with Crippen molar-refractivity contribution in [2.75, 3.05) is 13.1 Å². The monoisotopic (exact) mass is 231 g/mol. The standard InChI is InChI=1S/C14H17NO2/c16-14(13-8-12-6-7-15(13)9-12)17-10-11-4-2-1-3-5-11/h1-5,12-13H,6-10H2. The van der Waals surface area contributed by atoms with Gasteiger partial charge in [-0.25, -0.2) is 0 Å². The van der Waals surface area contributed by atoms with Gasteiger partial charge in [0, 0.05) is 6.54 Å². The molecule has 3 nitrogen and oxygen atoms in total. The molecule has 0 spiro atoms. The third-order valence-electron chi connectivity index (χ3n) is 3.81. The zero-order valence-corrected chi connectivity index (χ0v) is 9.84. The van der Waals surface area contributed by atoms with Crippen LogP contribution in [0.3, 0.4) is 0 Å². The highest BCUT2D eigenvalue weighted by Gasteiger charge is 2.41. The number of carbonyl (C=O) groups excluding carboxylic acids is 1. The first-order valence-electron chi connectivity index (χ1n) is 6.27. The van der Waals surface area contributed by atoms with Crippen LogP contribution in [0, 0.1) is 5.92 Å². The van der Waals surface area contributed by atoms with Gasteiger partial charge in [-0.05, 0) is 30.9 Å². The maximum Gasteiger partial charge on any atom is 0.323 e. The summed E-state index contributed by atoms with van der Waals surface area (Å²) in [5.74, 6) is 0.681. The van der Waals surface area contributed by atoms with Crippen LogP contribution in [-0.4, -0.2) is 30.0 Å². The van der Waals surface area contributed by atoms with Crippen molar-refractivity contribution >= 4 is 5.97 Å². The zero-order valence-electron chi connectivity index (χ0n) is 9.84. The van der Waals surface area contributed by atoms with E-state index in [0.717, 1.165) is 31.0 Å². The SMILES string of the molecule is O=C(OCc1ccccc1)C1CC2CCN1C2. The topological polar surface area (TPSA) is 29.5 Å². The number of fused-ring (bicyclic) bond motifs is 2. The Morgan fingerprint density at radius 3 is 2.82 bits per heavy atom. The van der Waals surface area contributed by atoms with Crippen molar-refractivity contribution in [3.63, 3.8) is 0 Å². The summed E-state index contributed by atoms with van der Waals surface area (Å²) in [5, 5.41) is 0. The second-order valence-electron chi connectivity index (χ2n) is 4.99. The molecule has 0 aromatic heterocycles. The van der Waals surface area contributed by atoms with Crippen LogP contribution in [0.4, 0.5) is 0 Å². The molecule has 0 radical (unpaired) electrons. The fourth-order valence-electron chi connectivity index (χ4n) is 2.87. The molecule has 0 N–H and O–H groups in total. The Morgan fingerprint density at radius 2 is 2.18 bits per heavy atom. The summed E-state index contributed by atoms with van der Waals surface area (Å²) in [7, 11) is 0. The number of carbonyl (C=O) groups is 1. The molecular formula is C14H17NO2. The molecule has 2 saturated heterocycles. The van der Waals surface area contributed by atoms with E-state index in [0.29, 0.717) is 6.61 Å². The number of ether oxygens (including phenoxy) is 1. The van der Waals surface area contributed by atoms with Crippen LogP contribution in [0.15, 0.2) is 30.3 Å². The summed E-state index contributed by atoms with van der Waals surface area (Å²) in [6.45, 7) is 2.55. The van der Waals surface area contributed by atoms with Gasteiger partial charge in [-0.3, -0.25) is 9.69 Å². The van der Waals surface area contributed by atoms with Crippen molar-refractivity contribution in [2.24, 2.45) is 5.92 Å². The summed E-state index contributed by atoms with van der Waals surface area (Å²) < 4.78 is 5.38. The molecule has 0 aliphatic carbocycles. The van der Waals surface area contributed by atoms with E-state index in [1.165, 1.54) is 6.42 Å². The summed E-state index contributed by atoms with van der Waals surface area (Å²) >= 11 is 0. The van der Waals surface area contributed by atoms with E-state index >= 15 is 0 Å². The van der Waals surface area contributed by atoms with E-state index in [9.17, 15) is 4.79 Å². The molecule has 1 aromatic rings. The molecule has 3 heteroatoms. The van der Waals surface area contributed by atoms with Crippen molar-refractivity contribution in [2.45, 2.75) is 25.5 Å². The van der Waals surface area contributed by atoms with Crippen molar-refractivity contribution in [3.05, 3.63) is 35.9 Å². The molecule has 3 unspecified atom stereocenters. The fourth-order valence-corrected chi connectivity index (χ4v) is 2.87. The lowest BCUT2D eigenvalue weighted by molar-refractivity contribution is -0.150. The van der Waals surface area contributed by atoms with Crippen LogP contribution in [-0.2, 0) is 16.1 Å². The predicted molar refractivity (Wildman–Crippen MR) is 64.3 cm³/mol. The second-order valence-corrected chi connectivity index (χ2v) is 4.99. The lowest BCUT2D eigenvalue weighted by Gasteiger charge is -2.22. The van der Waals surface area contributed by atoms with Gasteiger partial charge >= 0.3 is 5.97 Å². The average molecular weight is 231 g/mol. The van der Waals surface area contributed by atoms with Crippen molar-refractivity contribution < 1.29 is 9.53 Å². The van der Waals surface area contributed by atoms with E-state index in [4.69, 9.17) is 4.74 Å². The summed E-state index contributed by atoms with van der Waals surface area (Å²) in [6.07, 6.45) is 2.25. The van der Waals surface area contributed by atoms with Gasteiger partial charge in [-0.2, -0.15) is 0 Å². The van der Waals surface area contributed by atoms with Gasteiger partial charge in [0.2, 0.25) is 0 Å². The first-order valence-corrected chi connectivity index (χ1v) is 6.27. The minimum absolute atomic E-state index is 0.0254. The molecule has 3 rings (SSSR count). The van der Waals surface area contributed by atoms with E-state index < -0.39 is 0 Å². The van der Waals surface area contributed by atoms with Crippen LogP contribution in [0.1, 0.15) is 18.4 Å². The maximum atomic E-state index is 11.9. The molecule has 0 saturated carbocycles. The number of hydrogen-bond acceptors (Lipinski definition) is 3. The Balaban J connectivity index is 1.54. The Hall–Kier alpha value is -1.35. The highest BCUT2D eigenvalue weighted by atomic mass is 16.5. The third-order valence-corrected chi connectivity index (χ3v) is 3.81. The van der Waals surface area contributed by atoms with Gasteiger partial charge < -0.3 is 4.74 Å². The van der Waals surface area contributed by atoms with Gasteiger partial charge in [0.25, 0.3) is 0 Å². The summed E-state index contributed by atoms with van der Waals surface area (Å²) in [6, 6.07) is 9.88. The minimum Gasteiger partial charge on any atom is -0.460 e. The highest BCUT2D eigenvalue weighted by Crippen LogP contribution is 2.33. The van der Waals surface area contributed by atoms with Crippen LogP contribution in [0.25, 0.3) is 0 Å². The van der Waals surface area contributed by atoms with Crippen molar-refractivity contribution in [1.29, 1.82) is 0 Å². The Morgan fingerprint density at radius 1 is 1.35 bits per heavy atom. The normalized spacial score (nSPS) is 30.5. The predicted octanol–water partition coefficient (Wildman–Crippen LogP) is 1.82. The van der Waals surface area contributed by atoms with Crippen LogP contribution >= 0.6 is 0 Å². The quantitative estimate of drug-likeness (QED) is 0.743. The van der Waals surface area contributed by atoms with E-state index in [-0.39, 0.29) is 12.0 Å². The second kappa shape index (κ2) is 4.49. The first kappa shape index (κ1) is 10.8. The molecule has 90 valence electrons. The largest absolute Gasteiger partial charge is 0.460 e. The van der Waals surface area contributed by atoms with Crippen LogP contribution in [0.5, 0.6) is 0 Å². The van der Waals surface area contributed by atoms with E-state index in [1.54, 1.807) is 0 Å². The average Bonchev–Trinajstić information content (AvgIpc) is 2.99. The van der Waals surface area contributed by atoms with Crippen LogP contribution in [0.2, 0.25) is 0 Å². The molecular weight excluding hydrogens is 214 g/mol. The van der Waals surface area contributed by atoms with Crippen molar-refractivity contribution in [3.8, 4) is 0 Å². The van der Waals surface area contributed by atoms with E-state index in [2.05, 4.69) is 4.90 Å². The molecule has 2 bridgehead atoms. The number of nitrogens with zero attached hydrogens (tertiary/aromatic N) is 1. The lowest BCUT2D eigenvalue weighted by Crippen LogP contribution is -2.37. The van der Waals surface area contributed by atoms with E-state index in [1.807, 2.05) is 30.3 Å². The molecule has 1 aromatic carbocycles. The van der Waals surface area contributed by atoms with Gasteiger partial charge in [0.15, 0.2) is 0 Å². The Kier molecular flexibility index (Phi) is 2.85. The third kappa shape index (κ3) is 2.20. The number of benzene rings is 1. The van der Waals surface area contributed by atoms with Crippen molar-refractivity contribution in [1.82, 2.24) is 4.90 Å². The minimum atomic E-state index is -0.0453. The van der Waals surface area contributed by atoms with Gasteiger partial charge in [-0.15, -0.1) is 0 Å². The van der Waals surface area contributed by atoms with Gasteiger partial charge in [0.05, 0.1) is 0 Å². The first-order chi connectivity index (χ1) is 8.33. The maximum absolute atomic E-state index is 11.9. The fraction of sp³-hybridized carbons (Fsp3) is 0.500. The van der Waals surface area contributed by atoms with Crippen LogP contribution < -0.4 is 0 Å². The molecule has 0 amide bonds. The smallest absolute Gasteiger partial charge is 0.323 e. The van der Waals surface area contributed by atoms with Gasteiger partial charge in [0.1, 0.15) is 12.6 Å². The summed E-state index contributed by atoms with van der Waals surface area (Å²) in [5.41, 5.74) is 1.05.